The van der Waals surface area contributed by atoms with Gasteiger partial charge in [-0.1, -0.05) is 29.8 Å². The molecule has 0 radical (unpaired) electrons. The number of rotatable bonds is 5. The van der Waals surface area contributed by atoms with Gasteiger partial charge in [-0.15, -0.1) is 24.0 Å². The van der Waals surface area contributed by atoms with Gasteiger partial charge in [0.05, 0.1) is 0 Å². The van der Waals surface area contributed by atoms with Crippen LogP contribution in [0.25, 0.3) is 5.82 Å². The van der Waals surface area contributed by atoms with Crippen molar-refractivity contribution < 1.29 is 0 Å². The molecule has 27 heavy (non-hydrogen) atoms. The number of hydrogen-bond acceptors (Lipinski definition) is 3. The van der Waals surface area contributed by atoms with Crippen LogP contribution in [0.2, 0.25) is 5.02 Å². The Hall–Kier alpha value is -2.13. The fourth-order valence-electron chi connectivity index (χ4n) is 2.62. The van der Waals surface area contributed by atoms with Gasteiger partial charge in [-0.25, -0.2) is 9.67 Å². The molecule has 0 aliphatic carbocycles. The van der Waals surface area contributed by atoms with Gasteiger partial charge in [0, 0.05) is 50.8 Å². The first-order valence-electron chi connectivity index (χ1n) is 8.27. The Bertz CT molecular complexity index is 881. The average Bonchev–Trinajstić information content (AvgIpc) is 3.19. The zero-order valence-corrected chi connectivity index (χ0v) is 18.3. The van der Waals surface area contributed by atoms with Crippen molar-refractivity contribution in [3.05, 3.63) is 77.2 Å². The van der Waals surface area contributed by atoms with E-state index in [2.05, 4.69) is 20.4 Å². The highest BCUT2D eigenvalue weighted by Gasteiger charge is 2.09. The van der Waals surface area contributed by atoms with Gasteiger partial charge in [0.25, 0.3) is 0 Å². The van der Waals surface area contributed by atoms with Crippen LogP contribution < -0.4 is 5.32 Å². The van der Waals surface area contributed by atoms with Crippen LogP contribution in [0.5, 0.6) is 0 Å². The molecule has 0 spiro atoms. The molecule has 0 saturated carbocycles. The van der Waals surface area contributed by atoms with E-state index in [1.807, 2.05) is 60.6 Å². The van der Waals surface area contributed by atoms with Gasteiger partial charge < -0.3 is 10.2 Å². The molecule has 0 atom stereocenters. The fourth-order valence-corrected chi connectivity index (χ4v) is 2.82. The molecule has 0 aliphatic rings. The predicted molar refractivity (Wildman–Crippen MR) is 120 cm³/mol. The Morgan fingerprint density at radius 3 is 2.74 bits per heavy atom. The smallest absolute Gasteiger partial charge is 0.193 e. The monoisotopic (exact) mass is 496 g/mol. The van der Waals surface area contributed by atoms with E-state index in [4.69, 9.17) is 11.6 Å². The van der Waals surface area contributed by atoms with Crippen LogP contribution in [-0.4, -0.2) is 39.7 Å². The predicted octanol–water partition coefficient (Wildman–Crippen LogP) is 3.75. The number of benzene rings is 1. The summed E-state index contributed by atoms with van der Waals surface area (Å²) >= 11 is 6.25. The van der Waals surface area contributed by atoms with Crippen molar-refractivity contribution in [1.29, 1.82) is 0 Å². The second-order valence-corrected chi connectivity index (χ2v) is 6.23. The van der Waals surface area contributed by atoms with Crippen LogP contribution in [0.1, 0.15) is 11.1 Å². The maximum absolute atomic E-state index is 6.25. The van der Waals surface area contributed by atoms with E-state index in [9.17, 15) is 0 Å². The number of aliphatic imine (C=N–C) groups is 1. The standard InChI is InChI=1S/C19H21ClN6.HI/c1-21-19(25(2)14-16-6-3-4-7-17(16)20)23-13-15-8-10-22-18(12-15)26-11-5-9-24-26;/h3-12H,13-14H2,1-2H3,(H,21,23);1H. The molecule has 2 heterocycles. The molecule has 1 aromatic carbocycles. The van der Waals surface area contributed by atoms with Crippen LogP contribution in [0, 0.1) is 0 Å². The highest BCUT2D eigenvalue weighted by molar-refractivity contribution is 14.0. The molecule has 0 saturated heterocycles. The normalized spacial score (nSPS) is 11.0. The van der Waals surface area contributed by atoms with Crippen LogP contribution in [0.4, 0.5) is 0 Å². The van der Waals surface area contributed by atoms with Crippen molar-refractivity contribution in [1.82, 2.24) is 25.0 Å². The summed E-state index contributed by atoms with van der Waals surface area (Å²) in [5.41, 5.74) is 2.15. The highest BCUT2D eigenvalue weighted by atomic mass is 127. The third-order valence-electron chi connectivity index (χ3n) is 3.94. The summed E-state index contributed by atoms with van der Waals surface area (Å²) in [7, 11) is 3.76. The Labute approximate surface area is 181 Å². The number of hydrogen-bond donors (Lipinski definition) is 1. The zero-order chi connectivity index (χ0) is 18.4. The maximum atomic E-state index is 6.25. The van der Waals surface area contributed by atoms with Crippen molar-refractivity contribution in [2.75, 3.05) is 14.1 Å². The lowest BCUT2D eigenvalue weighted by Gasteiger charge is -2.22. The van der Waals surface area contributed by atoms with Gasteiger partial charge in [-0.3, -0.25) is 4.99 Å². The fraction of sp³-hybridized carbons (Fsp3) is 0.211. The van der Waals surface area contributed by atoms with Crippen molar-refractivity contribution in [3.63, 3.8) is 0 Å². The summed E-state index contributed by atoms with van der Waals surface area (Å²) < 4.78 is 1.74. The minimum Gasteiger partial charge on any atom is -0.352 e. The van der Waals surface area contributed by atoms with Crippen molar-refractivity contribution in [2.24, 2.45) is 4.99 Å². The first kappa shape index (κ1) is 21.2. The number of nitrogens with zero attached hydrogens (tertiary/aromatic N) is 5. The molecule has 8 heteroatoms. The second kappa shape index (κ2) is 10.3. The van der Waals surface area contributed by atoms with E-state index in [0.717, 1.165) is 27.9 Å². The Morgan fingerprint density at radius 1 is 1.22 bits per heavy atom. The molecule has 0 fully saturated rings. The lowest BCUT2D eigenvalue weighted by molar-refractivity contribution is 0.476. The average molecular weight is 497 g/mol. The number of aromatic nitrogens is 3. The van der Waals surface area contributed by atoms with E-state index >= 15 is 0 Å². The largest absolute Gasteiger partial charge is 0.352 e. The van der Waals surface area contributed by atoms with Crippen LogP contribution >= 0.6 is 35.6 Å². The highest BCUT2D eigenvalue weighted by Crippen LogP contribution is 2.16. The molecule has 0 amide bonds. The zero-order valence-electron chi connectivity index (χ0n) is 15.2. The van der Waals surface area contributed by atoms with E-state index < -0.39 is 0 Å². The van der Waals surface area contributed by atoms with Crippen LogP contribution in [0.3, 0.4) is 0 Å². The van der Waals surface area contributed by atoms with Gasteiger partial charge in [0.15, 0.2) is 11.8 Å². The molecule has 0 aliphatic heterocycles. The first-order chi connectivity index (χ1) is 12.7. The third kappa shape index (κ3) is 5.67. The van der Waals surface area contributed by atoms with Crippen LogP contribution in [-0.2, 0) is 13.1 Å². The Morgan fingerprint density at radius 2 is 2.04 bits per heavy atom. The summed E-state index contributed by atoms with van der Waals surface area (Å²) in [6.07, 6.45) is 5.39. The quantitative estimate of drug-likeness (QED) is 0.332. The molecule has 1 N–H and O–H groups in total. The van der Waals surface area contributed by atoms with Crippen molar-refractivity contribution >= 4 is 41.5 Å². The van der Waals surface area contributed by atoms with E-state index in [-0.39, 0.29) is 24.0 Å². The number of halogens is 2. The molecule has 2 aromatic heterocycles. The van der Waals surface area contributed by atoms with Gasteiger partial charge in [-0.05, 0) is 35.4 Å². The second-order valence-electron chi connectivity index (χ2n) is 5.82. The molecular weight excluding hydrogens is 475 g/mol. The molecule has 0 bridgehead atoms. The lowest BCUT2D eigenvalue weighted by atomic mass is 10.2. The van der Waals surface area contributed by atoms with E-state index in [1.165, 1.54) is 0 Å². The van der Waals surface area contributed by atoms with E-state index in [1.54, 1.807) is 24.1 Å². The molecule has 142 valence electrons. The summed E-state index contributed by atoms with van der Waals surface area (Å²) in [4.78, 5) is 10.7. The SMILES string of the molecule is CN=C(NCc1ccnc(-n2cccn2)c1)N(C)Cc1ccccc1Cl.I. The minimum atomic E-state index is 0. The van der Waals surface area contributed by atoms with Gasteiger partial charge >= 0.3 is 0 Å². The molecule has 6 nitrogen and oxygen atoms in total. The van der Waals surface area contributed by atoms with Gasteiger partial charge in [-0.2, -0.15) is 5.10 Å². The molecular formula is C19H22ClIN6. The molecule has 3 aromatic rings. The van der Waals surface area contributed by atoms with E-state index in [0.29, 0.717) is 13.1 Å². The summed E-state index contributed by atoms with van der Waals surface area (Å²) in [5, 5.41) is 8.34. The van der Waals surface area contributed by atoms with Crippen molar-refractivity contribution in [3.8, 4) is 5.82 Å². The topological polar surface area (TPSA) is 58.3 Å². The molecule has 3 rings (SSSR count). The van der Waals surface area contributed by atoms with Gasteiger partial charge in [0.1, 0.15) is 0 Å². The lowest BCUT2D eigenvalue weighted by Crippen LogP contribution is -2.38. The number of nitrogens with one attached hydrogen (secondary N) is 1. The number of guanidine groups is 1. The van der Waals surface area contributed by atoms with Crippen LogP contribution in [0.15, 0.2) is 66.0 Å². The maximum Gasteiger partial charge on any atom is 0.193 e. The number of pyridine rings is 1. The summed E-state index contributed by atoms with van der Waals surface area (Å²) in [6.45, 7) is 1.31. The Balaban J connectivity index is 0.00000261. The minimum absolute atomic E-state index is 0. The summed E-state index contributed by atoms with van der Waals surface area (Å²) in [6, 6.07) is 13.7. The summed E-state index contributed by atoms with van der Waals surface area (Å²) in [5.74, 6) is 1.58. The first-order valence-corrected chi connectivity index (χ1v) is 8.65. The molecule has 0 unspecified atom stereocenters. The van der Waals surface area contributed by atoms with Gasteiger partial charge in [0.2, 0.25) is 0 Å². The Kier molecular flexibility index (Phi) is 8.05. The van der Waals surface area contributed by atoms with Crippen molar-refractivity contribution in [2.45, 2.75) is 13.1 Å². The third-order valence-corrected chi connectivity index (χ3v) is 4.31.